The SMILES string of the molecule is CC(=O)NC(C(=O)NCCc1ccc(Cl)cc1)C(C)C. The summed E-state index contributed by atoms with van der Waals surface area (Å²) in [5, 5.41) is 6.21. The molecule has 0 spiro atoms. The van der Waals surface area contributed by atoms with Crippen LogP contribution in [-0.4, -0.2) is 24.4 Å². The summed E-state index contributed by atoms with van der Waals surface area (Å²) >= 11 is 5.81. The van der Waals surface area contributed by atoms with Crippen molar-refractivity contribution in [3.8, 4) is 0 Å². The molecule has 2 N–H and O–H groups in total. The second-order valence-corrected chi connectivity index (χ2v) is 5.53. The first-order valence-electron chi connectivity index (χ1n) is 6.69. The summed E-state index contributed by atoms with van der Waals surface area (Å²) in [5.74, 6) is -0.296. The standard InChI is InChI=1S/C15H21ClN2O2/c1-10(2)14(18-11(3)19)15(20)17-9-8-12-4-6-13(16)7-5-12/h4-7,10,14H,8-9H2,1-3H3,(H,17,20)(H,18,19). The summed E-state index contributed by atoms with van der Waals surface area (Å²) in [6.07, 6.45) is 0.730. The smallest absolute Gasteiger partial charge is 0.242 e. The Hall–Kier alpha value is -1.55. The van der Waals surface area contributed by atoms with Gasteiger partial charge in [-0.05, 0) is 30.0 Å². The second-order valence-electron chi connectivity index (χ2n) is 5.09. The van der Waals surface area contributed by atoms with Crippen LogP contribution in [0, 0.1) is 5.92 Å². The lowest BCUT2D eigenvalue weighted by Gasteiger charge is -2.20. The van der Waals surface area contributed by atoms with Crippen molar-refractivity contribution in [2.45, 2.75) is 33.2 Å². The summed E-state index contributed by atoms with van der Waals surface area (Å²) in [5.41, 5.74) is 1.11. The Balaban J connectivity index is 2.44. The Bertz CT molecular complexity index is 457. The summed E-state index contributed by atoms with van der Waals surface area (Å²) in [6, 6.07) is 7.03. The van der Waals surface area contributed by atoms with Crippen LogP contribution in [0.15, 0.2) is 24.3 Å². The van der Waals surface area contributed by atoms with E-state index in [1.54, 1.807) is 0 Å². The quantitative estimate of drug-likeness (QED) is 0.845. The van der Waals surface area contributed by atoms with Crippen LogP contribution in [-0.2, 0) is 16.0 Å². The zero-order chi connectivity index (χ0) is 15.1. The van der Waals surface area contributed by atoms with E-state index in [4.69, 9.17) is 11.6 Å². The largest absolute Gasteiger partial charge is 0.354 e. The van der Waals surface area contributed by atoms with Crippen molar-refractivity contribution in [1.82, 2.24) is 10.6 Å². The van der Waals surface area contributed by atoms with E-state index in [0.717, 1.165) is 12.0 Å². The normalized spacial score (nSPS) is 12.1. The van der Waals surface area contributed by atoms with Gasteiger partial charge in [0.1, 0.15) is 6.04 Å². The second kappa shape index (κ2) is 7.90. The van der Waals surface area contributed by atoms with Crippen molar-refractivity contribution < 1.29 is 9.59 Å². The number of hydrogen-bond donors (Lipinski definition) is 2. The molecule has 0 aromatic heterocycles. The van der Waals surface area contributed by atoms with E-state index in [-0.39, 0.29) is 17.7 Å². The van der Waals surface area contributed by atoms with Crippen LogP contribution in [0.25, 0.3) is 0 Å². The van der Waals surface area contributed by atoms with E-state index >= 15 is 0 Å². The molecule has 4 nitrogen and oxygen atoms in total. The van der Waals surface area contributed by atoms with Gasteiger partial charge >= 0.3 is 0 Å². The molecule has 0 saturated heterocycles. The maximum atomic E-state index is 12.0. The fourth-order valence-corrected chi connectivity index (χ4v) is 1.97. The zero-order valence-corrected chi connectivity index (χ0v) is 12.8. The van der Waals surface area contributed by atoms with Crippen LogP contribution in [0.4, 0.5) is 0 Å². The summed E-state index contributed by atoms with van der Waals surface area (Å²) < 4.78 is 0. The summed E-state index contributed by atoms with van der Waals surface area (Å²) in [6.45, 7) is 5.75. The van der Waals surface area contributed by atoms with Crippen LogP contribution in [0.5, 0.6) is 0 Å². The molecule has 2 amide bonds. The van der Waals surface area contributed by atoms with Gasteiger partial charge in [-0.25, -0.2) is 0 Å². The summed E-state index contributed by atoms with van der Waals surface area (Å²) in [4.78, 5) is 23.1. The highest BCUT2D eigenvalue weighted by Crippen LogP contribution is 2.09. The monoisotopic (exact) mass is 296 g/mol. The van der Waals surface area contributed by atoms with Gasteiger partial charge in [0.05, 0.1) is 0 Å². The van der Waals surface area contributed by atoms with Crippen molar-refractivity contribution in [3.63, 3.8) is 0 Å². The molecule has 0 fully saturated rings. The Morgan fingerprint density at radius 1 is 1.20 bits per heavy atom. The van der Waals surface area contributed by atoms with E-state index in [0.29, 0.717) is 11.6 Å². The molecule has 1 atom stereocenters. The average molecular weight is 297 g/mol. The van der Waals surface area contributed by atoms with Crippen molar-refractivity contribution in [3.05, 3.63) is 34.9 Å². The Morgan fingerprint density at radius 2 is 1.80 bits per heavy atom. The van der Waals surface area contributed by atoms with E-state index in [2.05, 4.69) is 10.6 Å². The lowest BCUT2D eigenvalue weighted by molar-refractivity contribution is -0.129. The highest BCUT2D eigenvalue weighted by molar-refractivity contribution is 6.30. The molecule has 1 unspecified atom stereocenters. The maximum Gasteiger partial charge on any atom is 0.242 e. The highest BCUT2D eigenvalue weighted by Gasteiger charge is 2.22. The molecule has 0 saturated carbocycles. The first-order chi connectivity index (χ1) is 9.40. The first-order valence-corrected chi connectivity index (χ1v) is 7.07. The molecule has 20 heavy (non-hydrogen) atoms. The van der Waals surface area contributed by atoms with E-state index in [1.807, 2.05) is 38.1 Å². The van der Waals surface area contributed by atoms with Crippen molar-refractivity contribution in [1.29, 1.82) is 0 Å². The van der Waals surface area contributed by atoms with Crippen molar-refractivity contribution in [2.75, 3.05) is 6.54 Å². The molecular formula is C15H21ClN2O2. The van der Waals surface area contributed by atoms with E-state index in [9.17, 15) is 9.59 Å². The third kappa shape index (κ3) is 5.61. The predicted octanol–water partition coefficient (Wildman–Crippen LogP) is 2.16. The third-order valence-corrected chi connectivity index (χ3v) is 3.19. The van der Waals surface area contributed by atoms with Gasteiger partial charge in [-0.2, -0.15) is 0 Å². The molecule has 0 heterocycles. The van der Waals surface area contributed by atoms with Crippen LogP contribution < -0.4 is 10.6 Å². The van der Waals surface area contributed by atoms with Crippen LogP contribution in [0.1, 0.15) is 26.3 Å². The molecule has 0 bridgehead atoms. The number of rotatable bonds is 6. The first kappa shape index (κ1) is 16.5. The molecule has 0 aliphatic rings. The number of carbonyl (C=O) groups is 2. The van der Waals surface area contributed by atoms with Crippen molar-refractivity contribution >= 4 is 23.4 Å². The average Bonchev–Trinajstić information content (AvgIpc) is 2.37. The van der Waals surface area contributed by atoms with Gasteiger partial charge in [0.2, 0.25) is 11.8 Å². The van der Waals surface area contributed by atoms with Gasteiger partial charge in [-0.1, -0.05) is 37.6 Å². The van der Waals surface area contributed by atoms with E-state index < -0.39 is 6.04 Å². The molecular weight excluding hydrogens is 276 g/mol. The number of amides is 2. The fraction of sp³-hybridized carbons (Fsp3) is 0.467. The Labute approximate surface area is 124 Å². The molecule has 110 valence electrons. The number of nitrogens with one attached hydrogen (secondary N) is 2. The molecule has 0 radical (unpaired) electrons. The van der Waals surface area contributed by atoms with Crippen LogP contribution in [0.2, 0.25) is 5.02 Å². The van der Waals surface area contributed by atoms with Gasteiger partial charge in [-0.3, -0.25) is 9.59 Å². The Kier molecular flexibility index (Phi) is 6.52. The van der Waals surface area contributed by atoms with Gasteiger partial charge in [0.25, 0.3) is 0 Å². The topological polar surface area (TPSA) is 58.2 Å². The van der Waals surface area contributed by atoms with Crippen LogP contribution >= 0.6 is 11.6 Å². The molecule has 0 aliphatic heterocycles. The minimum absolute atomic E-state index is 0.0504. The van der Waals surface area contributed by atoms with Gasteiger partial charge in [-0.15, -0.1) is 0 Å². The zero-order valence-electron chi connectivity index (χ0n) is 12.1. The van der Waals surface area contributed by atoms with E-state index in [1.165, 1.54) is 6.92 Å². The lowest BCUT2D eigenvalue weighted by atomic mass is 10.0. The van der Waals surface area contributed by atoms with Crippen LogP contribution in [0.3, 0.4) is 0 Å². The molecule has 0 aliphatic carbocycles. The van der Waals surface area contributed by atoms with Gasteiger partial charge < -0.3 is 10.6 Å². The number of hydrogen-bond acceptors (Lipinski definition) is 2. The van der Waals surface area contributed by atoms with Gasteiger partial charge in [0.15, 0.2) is 0 Å². The molecule has 5 heteroatoms. The number of carbonyl (C=O) groups excluding carboxylic acids is 2. The molecule has 1 aromatic rings. The predicted molar refractivity (Wildman–Crippen MR) is 80.6 cm³/mol. The maximum absolute atomic E-state index is 12.0. The molecule has 1 aromatic carbocycles. The Morgan fingerprint density at radius 3 is 2.30 bits per heavy atom. The summed E-state index contributed by atoms with van der Waals surface area (Å²) in [7, 11) is 0. The molecule has 1 rings (SSSR count). The lowest BCUT2D eigenvalue weighted by Crippen LogP contribution is -2.49. The number of benzene rings is 1. The fourth-order valence-electron chi connectivity index (χ4n) is 1.85. The van der Waals surface area contributed by atoms with Crippen molar-refractivity contribution in [2.24, 2.45) is 5.92 Å². The highest BCUT2D eigenvalue weighted by atomic mass is 35.5. The minimum Gasteiger partial charge on any atom is -0.354 e. The third-order valence-electron chi connectivity index (χ3n) is 2.93. The van der Waals surface area contributed by atoms with Gasteiger partial charge in [0, 0.05) is 18.5 Å². The number of halogens is 1. The minimum atomic E-state index is -0.488.